The number of nitrogens with zero attached hydrogens (tertiary/aromatic N) is 2. The van der Waals surface area contributed by atoms with Gasteiger partial charge in [0.15, 0.2) is 11.6 Å². The first-order valence-corrected chi connectivity index (χ1v) is 6.00. The van der Waals surface area contributed by atoms with Gasteiger partial charge in [-0.25, -0.2) is 4.39 Å². The molecule has 0 saturated carbocycles. The van der Waals surface area contributed by atoms with Gasteiger partial charge in [-0.05, 0) is 18.2 Å². The van der Waals surface area contributed by atoms with Gasteiger partial charge >= 0.3 is 0 Å². The molecule has 1 aromatic carbocycles. The summed E-state index contributed by atoms with van der Waals surface area (Å²) in [6.07, 6.45) is 3.21. The number of nitrogen functional groups attached to an aromatic ring is 1. The van der Waals surface area contributed by atoms with Crippen molar-refractivity contribution in [2.75, 3.05) is 19.4 Å². The molecule has 106 valence electrons. The van der Waals surface area contributed by atoms with Crippen molar-refractivity contribution in [3.8, 4) is 5.75 Å². The molecule has 0 aliphatic heterocycles. The Morgan fingerprint density at radius 3 is 3.00 bits per heavy atom. The number of carbonyl (C=O) groups is 1. The van der Waals surface area contributed by atoms with Crippen LogP contribution in [0.5, 0.6) is 5.75 Å². The fraction of sp³-hybridized carbons (Fsp3) is 0.231. The largest absolute Gasteiger partial charge is 0.494 e. The molecule has 0 unspecified atom stereocenters. The Bertz CT molecular complexity index is 612. The van der Waals surface area contributed by atoms with Gasteiger partial charge < -0.3 is 15.8 Å². The quantitative estimate of drug-likeness (QED) is 0.856. The highest BCUT2D eigenvalue weighted by molar-refractivity contribution is 5.94. The Morgan fingerprint density at radius 1 is 1.55 bits per heavy atom. The molecule has 2 rings (SSSR count). The highest BCUT2D eigenvalue weighted by atomic mass is 19.1. The van der Waals surface area contributed by atoms with Crippen LogP contribution in [0.4, 0.5) is 10.1 Å². The minimum absolute atomic E-state index is 0.0394. The lowest BCUT2D eigenvalue weighted by molar-refractivity contribution is 0.0951. The van der Waals surface area contributed by atoms with E-state index in [0.29, 0.717) is 24.3 Å². The van der Waals surface area contributed by atoms with Crippen molar-refractivity contribution >= 4 is 11.6 Å². The Hall–Kier alpha value is -2.57. The van der Waals surface area contributed by atoms with Gasteiger partial charge in [0.25, 0.3) is 5.91 Å². The summed E-state index contributed by atoms with van der Waals surface area (Å²) >= 11 is 0. The molecule has 3 N–H and O–H groups in total. The monoisotopic (exact) mass is 278 g/mol. The van der Waals surface area contributed by atoms with Gasteiger partial charge in [0.2, 0.25) is 0 Å². The van der Waals surface area contributed by atoms with Crippen LogP contribution in [0.2, 0.25) is 0 Å². The Kier molecular flexibility index (Phi) is 4.19. The second-order valence-corrected chi connectivity index (χ2v) is 4.14. The van der Waals surface area contributed by atoms with E-state index in [1.807, 2.05) is 0 Å². The summed E-state index contributed by atoms with van der Waals surface area (Å²) in [5, 5.41) is 6.70. The maximum Gasteiger partial charge on any atom is 0.251 e. The van der Waals surface area contributed by atoms with Crippen molar-refractivity contribution in [1.29, 1.82) is 0 Å². The zero-order valence-corrected chi connectivity index (χ0v) is 11.0. The number of amides is 1. The number of methoxy groups -OCH3 is 1. The van der Waals surface area contributed by atoms with E-state index < -0.39 is 5.82 Å². The smallest absolute Gasteiger partial charge is 0.251 e. The highest BCUT2D eigenvalue weighted by Crippen LogP contribution is 2.17. The van der Waals surface area contributed by atoms with E-state index in [9.17, 15) is 9.18 Å². The summed E-state index contributed by atoms with van der Waals surface area (Å²) in [7, 11) is 1.35. The van der Waals surface area contributed by atoms with Gasteiger partial charge in [-0.3, -0.25) is 9.48 Å². The molecule has 0 radical (unpaired) electrons. The minimum atomic E-state index is -0.504. The van der Waals surface area contributed by atoms with Crippen LogP contribution in [0.25, 0.3) is 0 Å². The average Bonchev–Trinajstić information content (AvgIpc) is 2.85. The molecule has 2 aromatic rings. The van der Waals surface area contributed by atoms with E-state index in [1.165, 1.54) is 31.5 Å². The van der Waals surface area contributed by atoms with Crippen molar-refractivity contribution < 1.29 is 13.9 Å². The second kappa shape index (κ2) is 6.05. The number of nitrogens with two attached hydrogens (primary N) is 1. The van der Waals surface area contributed by atoms with Crippen LogP contribution in [-0.4, -0.2) is 29.3 Å². The topological polar surface area (TPSA) is 82.2 Å². The summed E-state index contributed by atoms with van der Waals surface area (Å²) in [4.78, 5) is 11.9. The zero-order valence-electron chi connectivity index (χ0n) is 11.0. The number of benzene rings is 1. The van der Waals surface area contributed by atoms with E-state index >= 15 is 0 Å². The molecule has 0 atom stereocenters. The third-order valence-electron chi connectivity index (χ3n) is 2.69. The molecule has 0 aliphatic carbocycles. The predicted octanol–water partition coefficient (Wildman–Crippen LogP) is 1.04. The lowest BCUT2D eigenvalue weighted by Gasteiger charge is -2.07. The van der Waals surface area contributed by atoms with Crippen LogP contribution < -0.4 is 15.8 Å². The Morgan fingerprint density at radius 2 is 2.35 bits per heavy atom. The molecule has 0 fully saturated rings. The standard InChI is InChI=1S/C13H15FN4O2/c1-20-12-6-9(2-3-11(12)14)13(19)16-4-5-18-8-10(15)7-17-18/h2-3,6-8H,4-5,15H2,1H3,(H,16,19). The van der Waals surface area contributed by atoms with Gasteiger partial charge in [-0.1, -0.05) is 0 Å². The fourth-order valence-corrected chi connectivity index (χ4v) is 1.69. The maximum atomic E-state index is 13.2. The van der Waals surface area contributed by atoms with Crippen LogP contribution in [-0.2, 0) is 6.54 Å². The normalized spacial score (nSPS) is 10.3. The highest BCUT2D eigenvalue weighted by Gasteiger charge is 2.09. The van der Waals surface area contributed by atoms with Crippen molar-refractivity contribution in [3.63, 3.8) is 0 Å². The maximum absolute atomic E-state index is 13.2. The number of aromatic nitrogens is 2. The van der Waals surface area contributed by atoms with Crippen LogP contribution in [0.15, 0.2) is 30.6 Å². The SMILES string of the molecule is COc1cc(C(=O)NCCn2cc(N)cn2)ccc1F. The van der Waals surface area contributed by atoms with E-state index in [2.05, 4.69) is 10.4 Å². The lowest BCUT2D eigenvalue weighted by atomic mass is 10.2. The van der Waals surface area contributed by atoms with Gasteiger partial charge in [-0.15, -0.1) is 0 Å². The molecular formula is C13H15FN4O2. The predicted molar refractivity (Wildman–Crippen MR) is 71.9 cm³/mol. The number of ether oxygens (including phenoxy) is 1. The Labute approximate surface area is 115 Å². The summed E-state index contributed by atoms with van der Waals surface area (Å²) in [6.45, 7) is 0.890. The molecule has 6 nitrogen and oxygen atoms in total. The molecule has 0 spiro atoms. The molecule has 0 bridgehead atoms. The number of nitrogens with one attached hydrogen (secondary N) is 1. The summed E-state index contributed by atoms with van der Waals surface area (Å²) in [6, 6.07) is 3.96. The number of hydrogen-bond acceptors (Lipinski definition) is 4. The Balaban J connectivity index is 1.91. The number of carbonyl (C=O) groups excluding carboxylic acids is 1. The lowest BCUT2D eigenvalue weighted by Crippen LogP contribution is -2.27. The van der Waals surface area contributed by atoms with Crippen LogP contribution in [0.1, 0.15) is 10.4 Å². The summed E-state index contributed by atoms with van der Waals surface area (Å²) < 4.78 is 19.7. The zero-order chi connectivity index (χ0) is 14.5. The van der Waals surface area contributed by atoms with E-state index in [-0.39, 0.29) is 11.7 Å². The molecule has 7 heteroatoms. The van der Waals surface area contributed by atoms with Crippen molar-refractivity contribution in [3.05, 3.63) is 42.0 Å². The molecule has 1 aromatic heterocycles. The fourth-order valence-electron chi connectivity index (χ4n) is 1.69. The molecule has 1 amide bonds. The van der Waals surface area contributed by atoms with Gasteiger partial charge in [0.1, 0.15) is 0 Å². The van der Waals surface area contributed by atoms with E-state index in [4.69, 9.17) is 10.5 Å². The van der Waals surface area contributed by atoms with Crippen LogP contribution in [0, 0.1) is 5.82 Å². The molecular weight excluding hydrogens is 263 g/mol. The van der Waals surface area contributed by atoms with E-state index in [1.54, 1.807) is 10.9 Å². The first-order valence-electron chi connectivity index (χ1n) is 6.00. The van der Waals surface area contributed by atoms with Crippen LogP contribution in [0.3, 0.4) is 0 Å². The second-order valence-electron chi connectivity index (χ2n) is 4.14. The number of hydrogen-bond donors (Lipinski definition) is 2. The third kappa shape index (κ3) is 3.25. The first-order chi connectivity index (χ1) is 9.60. The van der Waals surface area contributed by atoms with Crippen molar-refractivity contribution in [2.24, 2.45) is 0 Å². The average molecular weight is 278 g/mol. The van der Waals surface area contributed by atoms with Crippen molar-refractivity contribution in [2.45, 2.75) is 6.54 Å². The number of anilines is 1. The molecule has 0 saturated heterocycles. The number of halogens is 1. The third-order valence-corrected chi connectivity index (χ3v) is 2.69. The summed E-state index contributed by atoms with van der Waals surface area (Å²) in [5.41, 5.74) is 6.43. The number of rotatable bonds is 5. The van der Waals surface area contributed by atoms with Crippen LogP contribution >= 0.6 is 0 Å². The van der Waals surface area contributed by atoms with E-state index in [0.717, 1.165) is 0 Å². The van der Waals surface area contributed by atoms with Gasteiger partial charge in [0.05, 0.1) is 25.5 Å². The summed E-state index contributed by atoms with van der Waals surface area (Å²) in [5.74, 6) is -0.767. The first kappa shape index (κ1) is 13.9. The van der Waals surface area contributed by atoms with Gasteiger partial charge in [0, 0.05) is 18.3 Å². The molecule has 20 heavy (non-hydrogen) atoms. The molecule has 0 aliphatic rings. The van der Waals surface area contributed by atoms with Crippen molar-refractivity contribution in [1.82, 2.24) is 15.1 Å². The van der Waals surface area contributed by atoms with Gasteiger partial charge in [-0.2, -0.15) is 5.10 Å². The molecule has 1 heterocycles. The minimum Gasteiger partial charge on any atom is -0.494 e.